The Labute approximate surface area is 115 Å². The molecule has 1 aliphatic heterocycles. The number of aliphatic carboxylic acids is 1. The van der Waals surface area contributed by atoms with E-state index in [-0.39, 0.29) is 12.5 Å². The number of amides is 2. The van der Waals surface area contributed by atoms with Crippen LogP contribution in [-0.4, -0.2) is 41.6 Å². The van der Waals surface area contributed by atoms with E-state index < -0.39 is 5.97 Å². The molecule has 1 heterocycles. The Hall–Kier alpha value is -1.26. The van der Waals surface area contributed by atoms with Crippen LogP contribution in [0.3, 0.4) is 0 Å². The monoisotopic (exact) mass is 270 g/mol. The Bertz CT molecular complexity index is 274. The molecule has 0 aromatic carbocycles. The van der Waals surface area contributed by atoms with E-state index in [1.807, 2.05) is 4.90 Å². The molecule has 1 aliphatic rings. The summed E-state index contributed by atoms with van der Waals surface area (Å²) in [7, 11) is 0. The fourth-order valence-corrected chi connectivity index (χ4v) is 2.34. The van der Waals surface area contributed by atoms with E-state index >= 15 is 0 Å². The summed E-state index contributed by atoms with van der Waals surface area (Å²) in [5, 5.41) is 11.4. The molecule has 0 bridgehead atoms. The molecular weight excluding hydrogens is 244 g/mol. The smallest absolute Gasteiger partial charge is 0.317 e. The maximum Gasteiger partial charge on any atom is 0.317 e. The van der Waals surface area contributed by atoms with Crippen LogP contribution in [0, 0.1) is 0 Å². The second-order valence-corrected chi connectivity index (χ2v) is 5.19. The van der Waals surface area contributed by atoms with Crippen molar-refractivity contribution in [3.63, 3.8) is 0 Å². The van der Waals surface area contributed by atoms with Gasteiger partial charge in [0.15, 0.2) is 0 Å². The van der Waals surface area contributed by atoms with Gasteiger partial charge in [0.25, 0.3) is 0 Å². The summed E-state index contributed by atoms with van der Waals surface area (Å²) >= 11 is 0. The molecular formula is C14H26N2O3. The van der Waals surface area contributed by atoms with E-state index in [2.05, 4.69) is 5.32 Å². The quantitative estimate of drug-likeness (QED) is 0.699. The van der Waals surface area contributed by atoms with Gasteiger partial charge < -0.3 is 15.3 Å². The van der Waals surface area contributed by atoms with Crippen molar-refractivity contribution < 1.29 is 14.7 Å². The number of rotatable bonds is 7. The third-order valence-electron chi connectivity index (χ3n) is 3.49. The van der Waals surface area contributed by atoms with Gasteiger partial charge in [0.05, 0.1) is 0 Å². The zero-order valence-corrected chi connectivity index (χ0v) is 11.7. The molecule has 0 aromatic heterocycles. The predicted molar refractivity (Wildman–Crippen MR) is 74.2 cm³/mol. The van der Waals surface area contributed by atoms with Crippen molar-refractivity contribution in [2.24, 2.45) is 0 Å². The molecule has 1 rings (SSSR count). The van der Waals surface area contributed by atoms with Gasteiger partial charge in [-0.2, -0.15) is 0 Å². The lowest BCUT2D eigenvalue weighted by Gasteiger charge is -2.20. The molecule has 0 aromatic rings. The maximum absolute atomic E-state index is 11.9. The molecule has 0 atom stereocenters. The highest BCUT2D eigenvalue weighted by Gasteiger charge is 2.14. The fraction of sp³-hybridized carbons (Fsp3) is 0.857. The van der Waals surface area contributed by atoms with Crippen LogP contribution >= 0.6 is 0 Å². The number of nitrogens with one attached hydrogen (secondary N) is 1. The molecule has 1 saturated heterocycles. The number of carboxylic acids is 1. The van der Waals surface area contributed by atoms with Crippen LogP contribution in [0.5, 0.6) is 0 Å². The molecule has 5 heteroatoms. The Morgan fingerprint density at radius 1 is 0.947 bits per heavy atom. The fourth-order valence-electron chi connectivity index (χ4n) is 2.34. The third-order valence-corrected chi connectivity index (χ3v) is 3.49. The summed E-state index contributed by atoms with van der Waals surface area (Å²) in [4.78, 5) is 24.1. The molecule has 0 spiro atoms. The maximum atomic E-state index is 11.9. The first-order valence-electron chi connectivity index (χ1n) is 7.45. The van der Waals surface area contributed by atoms with Gasteiger partial charge >= 0.3 is 12.0 Å². The molecule has 1 fully saturated rings. The van der Waals surface area contributed by atoms with Crippen LogP contribution in [0.15, 0.2) is 0 Å². The molecule has 0 radical (unpaired) electrons. The molecule has 0 saturated carbocycles. The lowest BCUT2D eigenvalue weighted by Crippen LogP contribution is -2.40. The summed E-state index contributed by atoms with van der Waals surface area (Å²) in [5.74, 6) is -0.727. The predicted octanol–water partition coefficient (Wildman–Crippen LogP) is 2.61. The molecule has 2 amide bonds. The Balaban J connectivity index is 1.99. The number of nitrogens with zero attached hydrogens (tertiary/aromatic N) is 1. The highest BCUT2D eigenvalue weighted by atomic mass is 16.4. The zero-order chi connectivity index (χ0) is 13.9. The van der Waals surface area contributed by atoms with Crippen LogP contribution in [0.2, 0.25) is 0 Å². The highest BCUT2D eigenvalue weighted by Crippen LogP contribution is 2.09. The van der Waals surface area contributed by atoms with Gasteiger partial charge in [0.2, 0.25) is 0 Å². The zero-order valence-electron chi connectivity index (χ0n) is 11.7. The number of unbranched alkanes of at least 4 members (excludes halogenated alkanes) is 3. The first-order chi connectivity index (χ1) is 9.20. The van der Waals surface area contributed by atoms with E-state index in [9.17, 15) is 9.59 Å². The van der Waals surface area contributed by atoms with Gasteiger partial charge in [-0.25, -0.2) is 4.79 Å². The van der Waals surface area contributed by atoms with Crippen molar-refractivity contribution in [3.05, 3.63) is 0 Å². The molecule has 19 heavy (non-hydrogen) atoms. The second kappa shape index (κ2) is 9.64. The van der Waals surface area contributed by atoms with Crippen molar-refractivity contribution in [1.29, 1.82) is 0 Å². The lowest BCUT2D eigenvalue weighted by atomic mass is 10.1. The van der Waals surface area contributed by atoms with E-state index in [0.29, 0.717) is 6.54 Å². The highest BCUT2D eigenvalue weighted by molar-refractivity contribution is 5.74. The van der Waals surface area contributed by atoms with Crippen molar-refractivity contribution in [2.75, 3.05) is 19.6 Å². The van der Waals surface area contributed by atoms with Crippen molar-refractivity contribution in [3.8, 4) is 0 Å². The van der Waals surface area contributed by atoms with Crippen LogP contribution in [0.1, 0.15) is 57.8 Å². The summed E-state index contributed by atoms with van der Waals surface area (Å²) in [6.45, 7) is 2.46. The number of carboxylic acid groups (broad SMARTS) is 1. The van der Waals surface area contributed by atoms with E-state index in [1.54, 1.807) is 0 Å². The van der Waals surface area contributed by atoms with Crippen LogP contribution in [0.4, 0.5) is 4.79 Å². The minimum atomic E-state index is -0.727. The van der Waals surface area contributed by atoms with Crippen molar-refractivity contribution in [1.82, 2.24) is 10.2 Å². The molecule has 5 nitrogen and oxygen atoms in total. The topological polar surface area (TPSA) is 69.6 Å². The second-order valence-electron chi connectivity index (χ2n) is 5.19. The largest absolute Gasteiger partial charge is 0.481 e. The van der Waals surface area contributed by atoms with Crippen molar-refractivity contribution >= 4 is 12.0 Å². The summed E-state index contributed by atoms with van der Waals surface area (Å²) < 4.78 is 0. The number of likely N-dealkylation sites (tertiary alicyclic amines) is 1. The third kappa shape index (κ3) is 7.70. The normalized spacial score (nSPS) is 15.9. The molecule has 0 unspecified atom stereocenters. The molecule has 110 valence electrons. The number of urea groups is 1. The molecule has 0 aliphatic carbocycles. The van der Waals surface area contributed by atoms with Gasteiger partial charge in [-0.15, -0.1) is 0 Å². The van der Waals surface area contributed by atoms with Gasteiger partial charge in [-0.3, -0.25) is 4.79 Å². The average Bonchev–Trinajstić information content (AvgIpc) is 2.66. The van der Waals surface area contributed by atoms with Gasteiger partial charge in [0, 0.05) is 26.1 Å². The first-order valence-corrected chi connectivity index (χ1v) is 7.45. The minimum absolute atomic E-state index is 0.0624. The van der Waals surface area contributed by atoms with E-state index in [1.165, 1.54) is 12.8 Å². The Kier molecular flexibility index (Phi) is 8.02. The van der Waals surface area contributed by atoms with Crippen molar-refractivity contribution in [2.45, 2.75) is 57.8 Å². The minimum Gasteiger partial charge on any atom is -0.481 e. The number of carbonyl (C=O) groups excluding carboxylic acids is 1. The lowest BCUT2D eigenvalue weighted by molar-refractivity contribution is -0.137. The van der Waals surface area contributed by atoms with E-state index in [4.69, 9.17) is 5.11 Å². The SMILES string of the molecule is O=C(O)CCCCCCNC(=O)N1CCCCCC1. The number of hydrogen-bond acceptors (Lipinski definition) is 2. The van der Waals surface area contributed by atoms with Gasteiger partial charge in [0.1, 0.15) is 0 Å². The van der Waals surface area contributed by atoms with Crippen LogP contribution in [-0.2, 0) is 4.79 Å². The molecule has 2 N–H and O–H groups in total. The summed E-state index contributed by atoms with van der Waals surface area (Å²) in [6, 6.07) is 0.0624. The number of carbonyl (C=O) groups is 2. The van der Waals surface area contributed by atoms with Crippen LogP contribution < -0.4 is 5.32 Å². The standard InChI is InChI=1S/C14H26N2O3/c17-13(18)9-5-1-2-6-10-15-14(19)16-11-7-3-4-8-12-16/h1-12H2,(H,15,19)(H,17,18). The van der Waals surface area contributed by atoms with Crippen LogP contribution in [0.25, 0.3) is 0 Å². The van der Waals surface area contributed by atoms with Gasteiger partial charge in [-0.05, 0) is 25.7 Å². The van der Waals surface area contributed by atoms with Gasteiger partial charge in [-0.1, -0.05) is 25.7 Å². The van der Waals surface area contributed by atoms with E-state index in [0.717, 1.165) is 51.6 Å². The summed E-state index contributed by atoms with van der Waals surface area (Å²) in [5.41, 5.74) is 0. The average molecular weight is 270 g/mol. The Morgan fingerprint density at radius 2 is 1.58 bits per heavy atom. The Morgan fingerprint density at radius 3 is 2.21 bits per heavy atom. The summed E-state index contributed by atoms with van der Waals surface area (Å²) in [6.07, 6.45) is 8.50. The first kappa shape index (κ1) is 15.8. The number of hydrogen-bond donors (Lipinski definition) is 2.